The van der Waals surface area contributed by atoms with E-state index in [0.29, 0.717) is 0 Å². The SMILES string of the molecule is NC(=O)CCC(NC(=O)C(N)Cc1ccccc1)C(=O)NC(CO)C(=O)O. The largest absolute Gasteiger partial charge is 0.480 e. The van der Waals surface area contributed by atoms with Gasteiger partial charge in [-0.3, -0.25) is 14.4 Å². The molecule has 1 rings (SSSR count). The number of carboxylic acids is 1. The predicted octanol–water partition coefficient (Wildman–Crippen LogP) is -2.13. The minimum absolute atomic E-state index is 0.136. The zero-order valence-corrected chi connectivity index (χ0v) is 14.6. The Bertz CT molecular complexity index is 667. The number of aliphatic hydroxyl groups is 1. The molecular weight excluding hydrogens is 356 g/mol. The second-order valence-corrected chi connectivity index (χ2v) is 5.94. The molecule has 3 amide bonds. The van der Waals surface area contributed by atoms with Gasteiger partial charge < -0.3 is 32.3 Å². The monoisotopic (exact) mass is 380 g/mol. The summed E-state index contributed by atoms with van der Waals surface area (Å²) in [5.74, 6) is -3.63. The zero-order valence-electron chi connectivity index (χ0n) is 14.6. The molecule has 0 aromatic heterocycles. The molecule has 0 aliphatic rings. The molecule has 0 bridgehead atoms. The lowest BCUT2D eigenvalue weighted by molar-refractivity contribution is -0.143. The lowest BCUT2D eigenvalue weighted by Gasteiger charge is -2.22. The molecule has 0 spiro atoms. The first-order valence-corrected chi connectivity index (χ1v) is 8.26. The predicted molar refractivity (Wildman–Crippen MR) is 95.1 cm³/mol. The average molecular weight is 380 g/mol. The van der Waals surface area contributed by atoms with Crippen LogP contribution >= 0.6 is 0 Å². The topological polar surface area (TPSA) is 185 Å². The van der Waals surface area contributed by atoms with Crippen molar-refractivity contribution in [2.75, 3.05) is 6.61 Å². The number of hydrogen-bond donors (Lipinski definition) is 6. The molecule has 0 saturated heterocycles. The van der Waals surface area contributed by atoms with E-state index in [1.807, 2.05) is 6.07 Å². The highest BCUT2D eigenvalue weighted by atomic mass is 16.4. The van der Waals surface area contributed by atoms with Crippen molar-refractivity contribution in [2.24, 2.45) is 11.5 Å². The highest BCUT2D eigenvalue weighted by molar-refractivity contribution is 5.92. The summed E-state index contributed by atoms with van der Waals surface area (Å²) in [5.41, 5.74) is 11.8. The van der Waals surface area contributed by atoms with Crippen molar-refractivity contribution in [3.8, 4) is 0 Å². The van der Waals surface area contributed by atoms with Crippen molar-refractivity contribution in [1.29, 1.82) is 0 Å². The minimum atomic E-state index is -1.54. The number of nitrogens with one attached hydrogen (secondary N) is 2. The van der Waals surface area contributed by atoms with Gasteiger partial charge in [0.05, 0.1) is 12.6 Å². The van der Waals surface area contributed by atoms with Gasteiger partial charge in [-0.2, -0.15) is 0 Å². The number of primary amides is 1. The van der Waals surface area contributed by atoms with Crippen LogP contribution in [0.1, 0.15) is 18.4 Å². The molecule has 0 heterocycles. The molecule has 10 heteroatoms. The third-order valence-corrected chi connectivity index (χ3v) is 3.74. The number of benzene rings is 1. The van der Waals surface area contributed by atoms with E-state index in [-0.39, 0.29) is 19.3 Å². The lowest BCUT2D eigenvalue weighted by Crippen LogP contribution is -2.55. The quantitative estimate of drug-likeness (QED) is 0.253. The van der Waals surface area contributed by atoms with Crippen LogP contribution in [0.4, 0.5) is 0 Å². The molecule has 0 aliphatic heterocycles. The zero-order chi connectivity index (χ0) is 20.4. The van der Waals surface area contributed by atoms with Gasteiger partial charge in [0.25, 0.3) is 0 Å². The highest BCUT2D eigenvalue weighted by Crippen LogP contribution is 2.04. The van der Waals surface area contributed by atoms with Gasteiger partial charge in [-0.25, -0.2) is 4.79 Å². The van der Waals surface area contributed by atoms with Gasteiger partial charge in [0.1, 0.15) is 12.1 Å². The van der Waals surface area contributed by atoms with Gasteiger partial charge in [-0.1, -0.05) is 30.3 Å². The summed E-state index contributed by atoms with van der Waals surface area (Å²) in [6.07, 6.45) is -0.114. The van der Waals surface area contributed by atoms with E-state index in [1.54, 1.807) is 24.3 Å². The van der Waals surface area contributed by atoms with Crippen LogP contribution in [-0.4, -0.2) is 58.6 Å². The normalized spacial score (nSPS) is 13.9. The fraction of sp³-hybridized carbons (Fsp3) is 0.412. The van der Waals surface area contributed by atoms with Crippen LogP contribution in [0.3, 0.4) is 0 Å². The Kier molecular flexibility index (Phi) is 8.90. The molecule has 1 aromatic carbocycles. The number of nitrogens with two attached hydrogens (primary N) is 2. The summed E-state index contributed by atoms with van der Waals surface area (Å²) in [6, 6.07) is 5.28. The molecule has 0 aliphatic carbocycles. The van der Waals surface area contributed by atoms with Crippen LogP contribution in [0.5, 0.6) is 0 Å². The van der Waals surface area contributed by atoms with Crippen molar-refractivity contribution in [3.05, 3.63) is 35.9 Å². The second-order valence-electron chi connectivity index (χ2n) is 5.94. The Labute approximate surface area is 155 Å². The van der Waals surface area contributed by atoms with Crippen LogP contribution in [-0.2, 0) is 25.6 Å². The summed E-state index contributed by atoms with van der Waals surface area (Å²) in [4.78, 5) is 46.5. The van der Waals surface area contributed by atoms with Gasteiger partial charge in [-0.05, 0) is 18.4 Å². The molecule has 0 fully saturated rings. The van der Waals surface area contributed by atoms with Crippen LogP contribution in [0.15, 0.2) is 30.3 Å². The minimum Gasteiger partial charge on any atom is -0.480 e. The Morgan fingerprint density at radius 1 is 1.00 bits per heavy atom. The van der Waals surface area contributed by atoms with Gasteiger partial charge in [0.2, 0.25) is 17.7 Å². The first kappa shape index (κ1) is 22.1. The third kappa shape index (κ3) is 7.84. The number of carboxylic acid groups (broad SMARTS) is 1. The van der Waals surface area contributed by atoms with E-state index in [1.165, 1.54) is 0 Å². The third-order valence-electron chi connectivity index (χ3n) is 3.74. The van der Waals surface area contributed by atoms with Gasteiger partial charge in [-0.15, -0.1) is 0 Å². The molecule has 27 heavy (non-hydrogen) atoms. The Morgan fingerprint density at radius 3 is 2.11 bits per heavy atom. The maximum atomic E-state index is 12.3. The van der Waals surface area contributed by atoms with E-state index in [2.05, 4.69) is 10.6 Å². The molecule has 3 atom stereocenters. The average Bonchev–Trinajstić information content (AvgIpc) is 2.62. The second kappa shape index (κ2) is 10.9. The Morgan fingerprint density at radius 2 is 1.59 bits per heavy atom. The molecule has 0 saturated carbocycles. The maximum Gasteiger partial charge on any atom is 0.328 e. The smallest absolute Gasteiger partial charge is 0.328 e. The van der Waals surface area contributed by atoms with Crippen LogP contribution in [0.25, 0.3) is 0 Å². The Hall–Kier alpha value is -2.98. The molecule has 148 valence electrons. The van der Waals surface area contributed by atoms with Crippen LogP contribution < -0.4 is 22.1 Å². The molecule has 0 radical (unpaired) electrons. The van der Waals surface area contributed by atoms with Crippen molar-refractivity contribution in [1.82, 2.24) is 10.6 Å². The summed E-state index contributed by atoms with van der Waals surface area (Å²) in [5, 5.41) is 22.4. The van der Waals surface area contributed by atoms with Crippen LogP contribution in [0.2, 0.25) is 0 Å². The first-order chi connectivity index (χ1) is 12.7. The van der Waals surface area contributed by atoms with E-state index in [9.17, 15) is 19.2 Å². The highest BCUT2D eigenvalue weighted by Gasteiger charge is 2.27. The van der Waals surface area contributed by atoms with E-state index in [0.717, 1.165) is 5.56 Å². The number of carbonyl (C=O) groups is 4. The number of aliphatic hydroxyl groups excluding tert-OH is 1. The molecule has 3 unspecified atom stereocenters. The fourth-order valence-electron chi connectivity index (χ4n) is 2.25. The fourth-order valence-corrected chi connectivity index (χ4v) is 2.25. The number of amides is 3. The number of carbonyl (C=O) groups excluding carboxylic acids is 3. The summed E-state index contributed by atoms with van der Waals surface area (Å²) >= 11 is 0. The Balaban J connectivity index is 2.77. The number of hydrogen-bond acceptors (Lipinski definition) is 6. The van der Waals surface area contributed by atoms with E-state index in [4.69, 9.17) is 21.7 Å². The van der Waals surface area contributed by atoms with Gasteiger partial charge in [0.15, 0.2) is 0 Å². The van der Waals surface area contributed by atoms with E-state index < -0.39 is 48.4 Å². The maximum absolute atomic E-state index is 12.3. The standard InChI is InChI=1S/C17H24N4O6/c18-11(8-10-4-2-1-3-5-10)15(24)20-12(6-7-14(19)23)16(25)21-13(9-22)17(26)27/h1-5,11-13,22H,6-9,18H2,(H2,19,23)(H,20,24)(H,21,25)(H,26,27). The van der Waals surface area contributed by atoms with Crippen molar-refractivity contribution in [3.63, 3.8) is 0 Å². The molecule has 8 N–H and O–H groups in total. The molecule has 1 aromatic rings. The van der Waals surface area contributed by atoms with Crippen LogP contribution in [0, 0.1) is 0 Å². The lowest BCUT2D eigenvalue weighted by atomic mass is 10.0. The molecule has 10 nitrogen and oxygen atoms in total. The van der Waals surface area contributed by atoms with Gasteiger partial charge in [0, 0.05) is 6.42 Å². The van der Waals surface area contributed by atoms with E-state index >= 15 is 0 Å². The van der Waals surface area contributed by atoms with Crippen molar-refractivity contribution in [2.45, 2.75) is 37.4 Å². The van der Waals surface area contributed by atoms with Crippen molar-refractivity contribution >= 4 is 23.7 Å². The molecular formula is C17H24N4O6. The summed E-state index contributed by atoms with van der Waals surface area (Å²) in [6.45, 7) is -0.828. The number of aliphatic carboxylic acids is 1. The first-order valence-electron chi connectivity index (χ1n) is 8.26. The van der Waals surface area contributed by atoms with Crippen molar-refractivity contribution < 1.29 is 29.4 Å². The van der Waals surface area contributed by atoms with Gasteiger partial charge >= 0.3 is 5.97 Å². The number of rotatable bonds is 11. The summed E-state index contributed by atoms with van der Waals surface area (Å²) in [7, 11) is 0. The summed E-state index contributed by atoms with van der Waals surface area (Å²) < 4.78 is 0.